The van der Waals surface area contributed by atoms with Crippen molar-refractivity contribution in [3.63, 3.8) is 0 Å². The first-order valence-corrected chi connectivity index (χ1v) is 28.0. The maximum absolute atomic E-state index is 14.1. The second-order valence-corrected chi connectivity index (χ2v) is 22.6. The van der Waals surface area contributed by atoms with Gasteiger partial charge in [0.25, 0.3) is 0 Å². The summed E-state index contributed by atoms with van der Waals surface area (Å²) in [5.41, 5.74) is 1.45. The number of carbonyl (C=O) groups excluding carboxylic acids is 3. The summed E-state index contributed by atoms with van der Waals surface area (Å²) >= 11 is 0. The topological polar surface area (TPSA) is 86.7 Å². The molecule has 7 heteroatoms. The van der Waals surface area contributed by atoms with Crippen LogP contribution in [0.5, 0.6) is 0 Å². The van der Waals surface area contributed by atoms with Crippen LogP contribution in [-0.4, -0.2) is 45.6 Å². The highest BCUT2D eigenvalue weighted by Crippen LogP contribution is 2.64. The molecule has 4 rings (SSSR count). The van der Waals surface area contributed by atoms with Crippen molar-refractivity contribution < 1.29 is 28.1 Å². The number of hydrogen-bond donors (Lipinski definition) is 0. The Labute approximate surface area is 377 Å². The van der Waals surface area contributed by atoms with E-state index in [2.05, 4.69) is 33.8 Å². The fourth-order valence-electron chi connectivity index (χ4n) is 12.1. The zero-order valence-electron chi connectivity index (χ0n) is 40.2. The molecule has 0 bridgehead atoms. The van der Waals surface area contributed by atoms with E-state index in [0.717, 1.165) is 89.9 Å². The molecule has 8 atom stereocenters. The summed E-state index contributed by atoms with van der Waals surface area (Å²) in [7, 11) is -1.21. The third-order valence-electron chi connectivity index (χ3n) is 16.2. The summed E-state index contributed by atoms with van der Waals surface area (Å²) < 4.78 is 25.9. The minimum atomic E-state index is -1.21. The monoisotopic (exact) mass is 871 g/mol. The van der Waals surface area contributed by atoms with E-state index in [-0.39, 0.29) is 40.4 Å². The highest BCUT2D eigenvalue weighted by atomic mass is 32.2. The maximum atomic E-state index is 14.1. The highest BCUT2D eigenvalue weighted by molar-refractivity contribution is 7.85. The van der Waals surface area contributed by atoms with Crippen molar-refractivity contribution in [1.82, 2.24) is 0 Å². The van der Waals surface area contributed by atoms with Crippen LogP contribution >= 0.6 is 0 Å². The molecule has 1 unspecified atom stereocenters. The maximum Gasteiger partial charge on any atom is 0.306 e. The molecular formula is C54H94O6S. The Bertz CT molecular complexity index is 1330. The Morgan fingerprint density at radius 2 is 1.10 bits per heavy atom. The van der Waals surface area contributed by atoms with Gasteiger partial charge in [-0.2, -0.15) is 0 Å². The van der Waals surface area contributed by atoms with E-state index in [1.807, 2.05) is 0 Å². The summed E-state index contributed by atoms with van der Waals surface area (Å²) in [4.78, 5) is 39.0. The van der Waals surface area contributed by atoms with Crippen molar-refractivity contribution in [2.45, 2.75) is 270 Å². The first kappa shape index (κ1) is 52.1. The lowest BCUT2D eigenvalue weighted by atomic mass is 9.48. The van der Waals surface area contributed by atoms with Crippen molar-refractivity contribution in [3.05, 3.63) is 11.6 Å². The number of unbranched alkanes of at least 4 members (excludes halogenated alkanes) is 24. The lowest BCUT2D eigenvalue weighted by Gasteiger charge is -2.57. The minimum absolute atomic E-state index is 0.0108. The molecule has 0 aromatic carbocycles. The van der Waals surface area contributed by atoms with Crippen molar-refractivity contribution in [1.29, 1.82) is 0 Å². The van der Waals surface area contributed by atoms with Crippen LogP contribution in [0.1, 0.15) is 259 Å². The fraction of sp³-hybridized carbons (Fsp3) is 0.907. The molecule has 61 heavy (non-hydrogen) atoms. The van der Waals surface area contributed by atoms with E-state index in [1.165, 1.54) is 134 Å². The molecule has 3 saturated carbocycles. The molecule has 0 heterocycles. The molecule has 6 nitrogen and oxygen atoms in total. The molecule has 0 N–H and O–H groups in total. The van der Waals surface area contributed by atoms with Gasteiger partial charge >= 0.3 is 11.9 Å². The number of hydrogen-bond acceptors (Lipinski definition) is 6. The molecule has 0 amide bonds. The molecule has 0 aromatic rings. The van der Waals surface area contributed by atoms with Gasteiger partial charge in [-0.1, -0.05) is 193 Å². The van der Waals surface area contributed by atoms with Crippen LogP contribution in [0.4, 0.5) is 0 Å². The molecule has 0 radical (unpaired) electrons. The van der Waals surface area contributed by atoms with Gasteiger partial charge in [0.2, 0.25) is 0 Å². The Morgan fingerprint density at radius 3 is 1.62 bits per heavy atom. The van der Waals surface area contributed by atoms with Crippen molar-refractivity contribution in [2.24, 2.45) is 28.6 Å². The second-order valence-electron chi connectivity index (χ2n) is 20.9. The second kappa shape index (κ2) is 29.1. The summed E-state index contributed by atoms with van der Waals surface area (Å²) in [5.74, 6) is 1.88. The average Bonchev–Trinajstić information content (AvgIpc) is 3.56. The lowest BCUT2D eigenvalue weighted by Crippen LogP contribution is -2.50. The van der Waals surface area contributed by atoms with Gasteiger partial charge in [0.1, 0.15) is 18.5 Å². The Hall–Kier alpha value is -1.50. The van der Waals surface area contributed by atoms with Crippen molar-refractivity contribution in [3.8, 4) is 0 Å². The van der Waals surface area contributed by atoms with Gasteiger partial charge in [-0.05, 0) is 81.0 Å². The minimum Gasteiger partial charge on any atom is -0.462 e. The third-order valence-corrected chi connectivity index (χ3v) is 18.0. The van der Waals surface area contributed by atoms with Gasteiger partial charge in [0.15, 0.2) is 0 Å². The van der Waals surface area contributed by atoms with Gasteiger partial charge in [-0.25, -0.2) is 0 Å². The Morgan fingerprint density at radius 1 is 0.639 bits per heavy atom. The summed E-state index contributed by atoms with van der Waals surface area (Å²) in [6.45, 7) is 9.22. The molecular weight excluding hydrogens is 777 g/mol. The van der Waals surface area contributed by atoms with Crippen molar-refractivity contribution in [2.75, 3.05) is 12.4 Å². The van der Waals surface area contributed by atoms with Crippen LogP contribution < -0.4 is 0 Å². The number of Topliss-reactive ketones (excluding diaryl/α,β-unsaturated/α-hetero) is 1. The molecule has 3 fully saturated rings. The lowest BCUT2D eigenvalue weighted by molar-refractivity contribution is -0.157. The molecule has 4 aliphatic rings. The number of carbonyl (C=O) groups is 3. The summed E-state index contributed by atoms with van der Waals surface area (Å²) in [6, 6.07) is 0. The van der Waals surface area contributed by atoms with Crippen molar-refractivity contribution >= 4 is 28.5 Å². The van der Waals surface area contributed by atoms with Crippen LogP contribution in [-0.2, 0) is 34.7 Å². The number of allylic oxidation sites excluding steroid dienone is 2. The Balaban J connectivity index is 1.18. The first-order valence-electron chi connectivity index (χ1n) is 26.6. The predicted octanol–water partition coefficient (Wildman–Crippen LogP) is 15.1. The van der Waals surface area contributed by atoms with Gasteiger partial charge in [-0.15, -0.1) is 0 Å². The number of ether oxygens (including phenoxy) is 2. The van der Waals surface area contributed by atoms with Crippen LogP contribution in [0.15, 0.2) is 11.6 Å². The van der Waals surface area contributed by atoms with E-state index < -0.39 is 16.9 Å². The first-order chi connectivity index (χ1) is 29.6. The number of esters is 2. The molecule has 0 saturated heterocycles. The average molecular weight is 871 g/mol. The smallest absolute Gasteiger partial charge is 0.306 e. The standard InChI is InChI=1S/C54H94O6S/c1-5-7-9-11-13-15-17-19-21-23-25-27-29-31-51(56)59-42-45(60-52(57)32-30-28-26-24-22-20-18-16-14-12-10-8-6-2)43-61(58)46-37-39-53(3)44(41-46)33-34-47-48-35-36-50(55)54(48,4)40-38-49(47)53/h33,45-49H,5-32,34-43H2,1-4H3/t45-,46-,47-,48-,49-,53-,54-,61?/m0/s1. The number of ketones is 1. The molecule has 0 spiro atoms. The van der Waals surface area contributed by atoms with Gasteiger partial charge in [0, 0.05) is 40.7 Å². The van der Waals surface area contributed by atoms with Crippen LogP contribution in [0.2, 0.25) is 0 Å². The highest BCUT2D eigenvalue weighted by Gasteiger charge is 2.58. The van der Waals surface area contributed by atoms with Gasteiger partial charge in [-0.3, -0.25) is 18.6 Å². The van der Waals surface area contributed by atoms with E-state index >= 15 is 0 Å². The van der Waals surface area contributed by atoms with Crippen LogP contribution in [0.25, 0.3) is 0 Å². The molecule has 0 aliphatic heterocycles. The van der Waals surface area contributed by atoms with Gasteiger partial charge < -0.3 is 9.47 Å². The molecule has 4 aliphatic carbocycles. The van der Waals surface area contributed by atoms with Gasteiger partial charge in [0.05, 0.1) is 5.75 Å². The fourth-order valence-corrected chi connectivity index (χ4v) is 13.7. The predicted molar refractivity (Wildman–Crippen MR) is 255 cm³/mol. The largest absolute Gasteiger partial charge is 0.462 e. The number of rotatable bonds is 34. The zero-order chi connectivity index (χ0) is 43.8. The van der Waals surface area contributed by atoms with Crippen LogP contribution in [0, 0.1) is 28.6 Å². The SMILES string of the molecule is CCCCCCCCCCCCCCCC(=O)OC[C@@H](CS(=O)[C@H]1CC[C@@]2(C)C(=CC[C@@H]3[C@@H]2CC[C@]2(C)C(=O)CC[C@@H]32)C1)OC(=O)CCCCCCCCCCCCCCC. The van der Waals surface area contributed by atoms with E-state index in [4.69, 9.17) is 9.47 Å². The van der Waals surface area contributed by atoms with E-state index in [9.17, 15) is 18.6 Å². The third kappa shape index (κ3) is 17.4. The summed E-state index contributed by atoms with van der Waals surface area (Å²) in [6.07, 6.45) is 42.9. The number of fused-ring (bicyclic) bond motifs is 5. The van der Waals surface area contributed by atoms with E-state index in [0.29, 0.717) is 36.4 Å². The normalized spacial score (nSPS) is 26.8. The Kier molecular flexibility index (Phi) is 24.9. The van der Waals surface area contributed by atoms with E-state index in [1.54, 1.807) is 0 Å². The zero-order valence-corrected chi connectivity index (χ0v) is 41.0. The van der Waals surface area contributed by atoms with Crippen LogP contribution in [0.3, 0.4) is 0 Å². The molecule has 352 valence electrons. The summed E-state index contributed by atoms with van der Waals surface area (Å²) in [5, 5.41) is 0.0153. The quantitative estimate of drug-likeness (QED) is 0.0364. The molecule has 0 aromatic heterocycles.